The number of benzene rings is 2. The molecule has 3 amide bonds. The third-order valence-electron chi connectivity index (χ3n) is 4.61. The minimum Gasteiger partial charge on any atom is -0.478 e. The molecule has 0 unspecified atom stereocenters. The van der Waals surface area contributed by atoms with Crippen molar-refractivity contribution in [3.05, 3.63) is 82.2 Å². The van der Waals surface area contributed by atoms with Crippen LogP contribution < -0.4 is 10.2 Å². The molecule has 1 aliphatic rings. The quantitative estimate of drug-likeness (QED) is 0.468. The molecule has 2 aromatic carbocycles. The van der Waals surface area contributed by atoms with Crippen molar-refractivity contribution in [1.82, 2.24) is 5.32 Å². The van der Waals surface area contributed by atoms with Gasteiger partial charge in [0, 0.05) is 16.7 Å². The summed E-state index contributed by atoms with van der Waals surface area (Å²) in [5.41, 5.74) is 2.02. The first-order valence-corrected chi connectivity index (χ1v) is 9.28. The number of amides is 3. The molecule has 0 spiro atoms. The van der Waals surface area contributed by atoms with Crippen LogP contribution in [0.25, 0.3) is 17.4 Å². The Labute approximate surface area is 176 Å². The number of nitrogens with zero attached hydrogens (tertiary/aromatic N) is 1. The van der Waals surface area contributed by atoms with Gasteiger partial charge in [0.25, 0.3) is 5.91 Å². The van der Waals surface area contributed by atoms with Crippen LogP contribution in [0.4, 0.5) is 10.5 Å². The van der Waals surface area contributed by atoms with Gasteiger partial charge in [-0.25, -0.2) is 14.5 Å². The Morgan fingerprint density at radius 1 is 1.13 bits per heavy atom. The van der Waals surface area contributed by atoms with Gasteiger partial charge in [-0.1, -0.05) is 23.7 Å². The number of carboxylic acids is 1. The predicted octanol–water partition coefficient (Wildman–Crippen LogP) is 4.70. The van der Waals surface area contributed by atoms with Crippen LogP contribution in [0.3, 0.4) is 0 Å². The van der Waals surface area contributed by atoms with Gasteiger partial charge >= 0.3 is 12.0 Å². The Morgan fingerprint density at radius 2 is 1.93 bits per heavy atom. The first-order chi connectivity index (χ1) is 14.3. The van der Waals surface area contributed by atoms with Crippen LogP contribution in [-0.4, -0.2) is 23.0 Å². The molecule has 0 atom stereocenters. The Balaban J connectivity index is 1.64. The molecule has 0 aliphatic carbocycles. The summed E-state index contributed by atoms with van der Waals surface area (Å²) >= 11 is 5.95. The van der Waals surface area contributed by atoms with Crippen molar-refractivity contribution >= 4 is 41.3 Å². The molecular formula is C22H15ClN2O5. The zero-order valence-electron chi connectivity index (χ0n) is 15.7. The standard InChI is InChI=1S/C22H15ClN2O5/c1-12-5-6-13(21(27)28)9-17(12)19-8-7-16(30-19)11-18-20(26)25(22(29)24-18)15-4-2-3-14(23)10-15/h2-11H,1H3,(H,24,29)(H,27,28)/b18-11+. The Morgan fingerprint density at radius 3 is 2.67 bits per heavy atom. The number of rotatable bonds is 4. The lowest BCUT2D eigenvalue weighted by Gasteiger charge is -2.11. The van der Waals surface area contributed by atoms with Crippen LogP contribution in [0.5, 0.6) is 0 Å². The van der Waals surface area contributed by atoms with E-state index in [1.165, 1.54) is 24.3 Å². The number of carboxylic acid groups (broad SMARTS) is 1. The second kappa shape index (κ2) is 7.53. The molecule has 1 aliphatic heterocycles. The summed E-state index contributed by atoms with van der Waals surface area (Å²) in [5, 5.41) is 12.1. The second-order valence-electron chi connectivity index (χ2n) is 6.65. The molecule has 1 saturated heterocycles. The lowest BCUT2D eigenvalue weighted by atomic mass is 10.0. The molecule has 4 rings (SSSR count). The third-order valence-corrected chi connectivity index (χ3v) is 4.84. The number of furan rings is 1. The molecule has 0 saturated carbocycles. The molecule has 150 valence electrons. The number of imide groups is 1. The van der Waals surface area contributed by atoms with E-state index in [4.69, 9.17) is 16.0 Å². The molecule has 3 aromatic rings. The van der Waals surface area contributed by atoms with E-state index in [9.17, 15) is 19.5 Å². The summed E-state index contributed by atoms with van der Waals surface area (Å²) in [6, 6.07) is 13.9. The molecule has 2 heterocycles. The van der Waals surface area contributed by atoms with Gasteiger partial charge in [-0.3, -0.25) is 4.79 Å². The first-order valence-electron chi connectivity index (χ1n) is 8.90. The number of nitrogens with one attached hydrogen (secondary N) is 1. The Hall–Kier alpha value is -3.84. The molecule has 8 heteroatoms. The highest BCUT2D eigenvalue weighted by Crippen LogP contribution is 2.29. The molecular weight excluding hydrogens is 408 g/mol. The van der Waals surface area contributed by atoms with Crippen molar-refractivity contribution < 1.29 is 23.9 Å². The molecule has 7 nitrogen and oxygen atoms in total. The molecule has 1 fully saturated rings. The number of aryl methyl sites for hydroxylation is 1. The van der Waals surface area contributed by atoms with Crippen molar-refractivity contribution in [3.8, 4) is 11.3 Å². The fourth-order valence-corrected chi connectivity index (χ4v) is 3.31. The van der Waals surface area contributed by atoms with E-state index in [1.54, 1.807) is 36.4 Å². The second-order valence-corrected chi connectivity index (χ2v) is 7.08. The minimum absolute atomic E-state index is 0.0527. The fourth-order valence-electron chi connectivity index (χ4n) is 3.12. The number of urea groups is 1. The summed E-state index contributed by atoms with van der Waals surface area (Å²) < 4.78 is 5.78. The van der Waals surface area contributed by atoms with E-state index >= 15 is 0 Å². The van der Waals surface area contributed by atoms with Gasteiger partial charge in [-0.15, -0.1) is 0 Å². The molecule has 2 N–H and O–H groups in total. The van der Waals surface area contributed by atoms with Gasteiger partial charge in [0.2, 0.25) is 0 Å². The van der Waals surface area contributed by atoms with E-state index in [2.05, 4.69) is 5.32 Å². The SMILES string of the molecule is Cc1ccc(C(=O)O)cc1-c1ccc(/C=C2/NC(=O)N(c3cccc(Cl)c3)C2=O)o1. The normalized spacial score (nSPS) is 15.0. The van der Waals surface area contributed by atoms with Gasteiger partial charge in [-0.2, -0.15) is 0 Å². The highest BCUT2D eigenvalue weighted by molar-refractivity contribution is 6.32. The molecule has 0 radical (unpaired) electrons. The summed E-state index contributed by atoms with van der Waals surface area (Å²) in [6.07, 6.45) is 1.42. The highest BCUT2D eigenvalue weighted by Gasteiger charge is 2.35. The third kappa shape index (κ3) is 3.58. The van der Waals surface area contributed by atoms with Gasteiger partial charge in [-0.05, 0) is 55.0 Å². The van der Waals surface area contributed by atoms with Gasteiger partial charge < -0.3 is 14.8 Å². The van der Waals surface area contributed by atoms with E-state index in [0.717, 1.165) is 10.5 Å². The van der Waals surface area contributed by atoms with Gasteiger partial charge in [0.15, 0.2) is 0 Å². The summed E-state index contributed by atoms with van der Waals surface area (Å²) in [4.78, 5) is 37.2. The summed E-state index contributed by atoms with van der Waals surface area (Å²) in [7, 11) is 0. The Kier molecular flexibility index (Phi) is 4.89. The number of aromatic carboxylic acids is 1. The number of hydrogen-bond donors (Lipinski definition) is 2. The molecule has 1 aromatic heterocycles. The number of carbonyl (C=O) groups is 3. The molecule has 0 bridgehead atoms. The lowest BCUT2D eigenvalue weighted by Crippen LogP contribution is -2.30. The zero-order chi connectivity index (χ0) is 21.4. The average molecular weight is 423 g/mol. The lowest BCUT2D eigenvalue weighted by molar-refractivity contribution is -0.113. The minimum atomic E-state index is -1.04. The van der Waals surface area contributed by atoms with E-state index in [-0.39, 0.29) is 11.3 Å². The van der Waals surface area contributed by atoms with E-state index in [1.807, 2.05) is 6.92 Å². The number of hydrogen-bond acceptors (Lipinski definition) is 4. The number of anilines is 1. The maximum absolute atomic E-state index is 12.7. The van der Waals surface area contributed by atoms with Gasteiger partial charge in [0.05, 0.1) is 11.3 Å². The van der Waals surface area contributed by atoms with Crippen LogP contribution in [0.2, 0.25) is 5.02 Å². The van der Waals surface area contributed by atoms with E-state index < -0.39 is 17.9 Å². The fraction of sp³-hybridized carbons (Fsp3) is 0.0455. The maximum Gasteiger partial charge on any atom is 0.335 e. The average Bonchev–Trinajstić information content (AvgIpc) is 3.26. The van der Waals surface area contributed by atoms with Crippen LogP contribution in [0.15, 0.2) is 64.7 Å². The van der Waals surface area contributed by atoms with Crippen molar-refractivity contribution in [2.24, 2.45) is 0 Å². The van der Waals surface area contributed by atoms with E-state index in [0.29, 0.717) is 27.8 Å². The maximum atomic E-state index is 12.7. The number of halogens is 1. The van der Waals surface area contributed by atoms with Gasteiger partial charge in [0.1, 0.15) is 17.2 Å². The highest BCUT2D eigenvalue weighted by atomic mass is 35.5. The first kappa shape index (κ1) is 19.5. The van der Waals surface area contributed by atoms with Crippen LogP contribution in [0.1, 0.15) is 21.7 Å². The predicted molar refractivity (Wildman–Crippen MR) is 111 cm³/mol. The van der Waals surface area contributed by atoms with Crippen LogP contribution >= 0.6 is 11.6 Å². The summed E-state index contributed by atoms with van der Waals surface area (Å²) in [5.74, 6) is -0.789. The topological polar surface area (TPSA) is 99.9 Å². The monoisotopic (exact) mass is 422 g/mol. The largest absolute Gasteiger partial charge is 0.478 e. The van der Waals surface area contributed by atoms with Crippen LogP contribution in [-0.2, 0) is 4.79 Å². The van der Waals surface area contributed by atoms with Crippen molar-refractivity contribution in [3.63, 3.8) is 0 Å². The van der Waals surface area contributed by atoms with Crippen molar-refractivity contribution in [1.29, 1.82) is 0 Å². The van der Waals surface area contributed by atoms with Crippen molar-refractivity contribution in [2.75, 3.05) is 4.90 Å². The van der Waals surface area contributed by atoms with Crippen molar-refractivity contribution in [2.45, 2.75) is 6.92 Å². The zero-order valence-corrected chi connectivity index (χ0v) is 16.4. The van der Waals surface area contributed by atoms with Crippen LogP contribution in [0, 0.1) is 6.92 Å². The smallest absolute Gasteiger partial charge is 0.335 e. The Bertz CT molecular complexity index is 1230. The molecule has 30 heavy (non-hydrogen) atoms. The number of carbonyl (C=O) groups excluding carboxylic acids is 2. The summed E-state index contributed by atoms with van der Waals surface area (Å²) in [6.45, 7) is 1.84.